The van der Waals surface area contributed by atoms with Crippen LogP contribution in [0.1, 0.15) is 12.8 Å². The Hall–Kier alpha value is 3.10. The van der Waals surface area contributed by atoms with E-state index in [-0.39, 0.29) is 97.7 Å². The summed E-state index contributed by atoms with van der Waals surface area (Å²) in [5, 5.41) is 2.51. The fourth-order valence-corrected chi connectivity index (χ4v) is 6.15. The Morgan fingerprint density at radius 1 is 0.333 bits per heavy atom. The molecule has 0 nitrogen and oxygen atoms in total. The van der Waals surface area contributed by atoms with Crippen LogP contribution in [0.2, 0.25) is 75.3 Å². The van der Waals surface area contributed by atoms with Gasteiger partial charge in [-0.05, 0) is 69.6 Å². The third-order valence-corrected chi connectivity index (χ3v) is 11.2. The molecule has 17 heteroatoms. The van der Waals surface area contributed by atoms with Gasteiger partial charge in [-0.2, -0.15) is 81.4 Å². The maximum atomic E-state index is 5.64. The first kappa shape index (κ1) is 42.1. The first-order valence-electron chi connectivity index (χ1n) is 9.41. The molecule has 39 heavy (non-hydrogen) atoms. The molecule has 0 saturated carbocycles. The zero-order valence-electron chi connectivity index (χ0n) is 18.2. The number of hydrogen-bond donors (Lipinski definition) is 0. The molecule has 0 N–H and O–H groups in total. The minimum absolute atomic E-state index is 0. The zero-order valence-corrected chi connectivity index (χ0v) is 32.5. The maximum absolute atomic E-state index is 5.64. The van der Waals surface area contributed by atoms with E-state index < -0.39 is 0 Å². The molecule has 1 aliphatic heterocycles. The van der Waals surface area contributed by atoms with E-state index in [4.69, 9.17) is 174 Å². The normalized spacial score (nSPS) is 11.8. The molecule has 0 aromatic heterocycles. The molecule has 3 aromatic rings. The van der Waals surface area contributed by atoms with Crippen molar-refractivity contribution in [3.8, 4) is 0 Å². The van der Waals surface area contributed by atoms with Crippen LogP contribution in [0.3, 0.4) is 0 Å². The molecule has 0 aliphatic carbocycles. The molecule has 1 fully saturated rings. The van der Waals surface area contributed by atoms with Crippen LogP contribution < -0.4 is 0 Å². The Morgan fingerprint density at radius 2 is 0.513 bits per heavy atom. The van der Waals surface area contributed by atoms with E-state index in [1.54, 1.807) is 0 Å². The first-order chi connectivity index (χ1) is 17.6. The number of hydrogen-bond acceptors (Lipinski definition) is 1. The van der Waals surface area contributed by atoms with Gasteiger partial charge in [0.2, 0.25) is 0 Å². The van der Waals surface area contributed by atoms with Crippen LogP contribution in [0.25, 0.3) is 0 Å². The molecular weight excluding hydrogens is 1030 g/mol. The van der Waals surface area contributed by atoms with Gasteiger partial charge >= 0.3 is 22.4 Å². The Bertz CT molecular complexity index is 1030. The van der Waals surface area contributed by atoms with E-state index in [2.05, 4.69) is 30.0 Å². The van der Waals surface area contributed by atoms with Gasteiger partial charge in [0.25, 0.3) is 0 Å². The summed E-state index contributed by atoms with van der Waals surface area (Å²) in [7, 11) is 0. The topological polar surface area (TPSA) is 0 Å². The molecule has 0 spiro atoms. The molecule has 1 aliphatic rings. The molecule has 0 radical (unpaired) electrons. The van der Waals surface area contributed by atoms with Crippen molar-refractivity contribution < 1.29 is 22.4 Å². The average Bonchev–Trinajstić information content (AvgIpc) is 3.47. The fraction of sp³-hybridized carbons (Fsp3) is 0.182. The summed E-state index contributed by atoms with van der Waals surface area (Å²) in [4.78, 5) is 0. The number of rotatable bonds is 0. The summed E-state index contributed by atoms with van der Waals surface area (Å²) in [6, 6.07) is 7.59. The second-order valence-corrected chi connectivity index (χ2v) is 13.3. The summed E-state index contributed by atoms with van der Waals surface area (Å²) in [6.45, 7) is 0. The van der Waals surface area contributed by atoms with Gasteiger partial charge in [-0.1, -0.05) is 30.1 Å². The minimum Gasteiger partial charge on any atom is -0.164 e. The predicted molar refractivity (Wildman–Crippen MR) is 178 cm³/mol. The molecule has 0 bridgehead atoms. The monoisotopic (exact) mass is 1030 g/mol. The van der Waals surface area contributed by atoms with Crippen LogP contribution in [0.5, 0.6) is 0 Å². The molecule has 3 aromatic carbocycles. The Labute approximate surface area is 321 Å². The average molecular weight is 1030 g/mol. The number of halogens is 15. The third-order valence-electron chi connectivity index (χ3n) is 3.80. The van der Waals surface area contributed by atoms with E-state index in [1.807, 2.05) is 0 Å². The van der Waals surface area contributed by atoms with Crippen molar-refractivity contribution in [1.29, 1.82) is 0 Å². The van der Waals surface area contributed by atoms with Crippen molar-refractivity contribution in [2.75, 3.05) is 11.5 Å². The number of benzene rings is 3. The van der Waals surface area contributed by atoms with Crippen molar-refractivity contribution in [1.82, 2.24) is 0 Å². The van der Waals surface area contributed by atoms with E-state index >= 15 is 0 Å². The summed E-state index contributed by atoms with van der Waals surface area (Å²) in [5.74, 6) is 2.83. The van der Waals surface area contributed by atoms with Gasteiger partial charge in [-0.3, -0.25) is 0 Å². The largest absolute Gasteiger partial charge is 3.00 e. The molecule has 0 amide bonds. The maximum Gasteiger partial charge on any atom is 3.00 e. The van der Waals surface area contributed by atoms with Crippen LogP contribution in [-0.2, 0) is 22.4 Å². The van der Waals surface area contributed by atoms with Crippen molar-refractivity contribution in [2.45, 2.75) is 12.8 Å². The van der Waals surface area contributed by atoms with Crippen molar-refractivity contribution in [3.63, 3.8) is 0 Å². The molecule has 218 valence electrons. The summed E-state index contributed by atoms with van der Waals surface area (Å²) >= 11 is 86.1. The predicted octanol–water partition coefficient (Wildman–Crippen LogP) is 15.8. The number of thioether (sulfide) groups is 1. The SMILES string of the molecule is C1CCSC1.Clc1[c-]c(Cl)c(Cl)c(Cl)c1Cl.Clc1[c-]c(Cl)c(Cl)c(Cl)c1Cl.Clc1[c-]c(Cl)c(Cl)c(Cl)c1Cl.[Au+3]. The van der Waals surface area contributed by atoms with Gasteiger partial charge in [0.15, 0.2) is 0 Å². The summed E-state index contributed by atoms with van der Waals surface area (Å²) in [6.07, 6.45) is 2.93. The van der Waals surface area contributed by atoms with Crippen LogP contribution in [0.15, 0.2) is 0 Å². The fourth-order valence-electron chi connectivity index (χ4n) is 2.00. The van der Waals surface area contributed by atoms with E-state index in [0.29, 0.717) is 0 Å². The van der Waals surface area contributed by atoms with Gasteiger partial charge in [0.1, 0.15) is 0 Å². The van der Waals surface area contributed by atoms with Gasteiger partial charge in [-0.25, -0.2) is 0 Å². The van der Waals surface area contributed by atoms with Crippen molar-refractivity contribution in [2.24, 2.45) is 0 Å². The van der Waals surface area contributed by atoms with Crippen LogP contribution >= 0.6 is 186 Å². The summed E-state index contributed by atoms with van der Waals surface area (Å²) < 4.78 is 0. The Morgan fingerprint density at radius 3 is 0.641 bits per heavy atom. The van der Waals surface area contributed by atoms with E-state index in [9.17, 15) is 0 Å². The molecule has 1 saturated heterocycles. The standard InChI is InChI=1S/3C6Cl5.C4H8S.Au/c3*7-2-1-3(8)5(10)6(11)4(2)9;1-2-4-5-3-1;/h;;;1-4H2;/q3*-1;;+3. The second-order valence-electron chi connectivity index (χ2n) is 6.40. The zero-order chi connectivity index (χ0) is 29.3. The molecule has 1 heterocycles. The smallest absolute Gasteiger partial charge is 0.164 e. The first-order valence-corrected chi connectivity index (χ1v) is 16.2. The Kier molecular flexibility index (Phi) is 22.7. The molecule has 0 atom stereocenters. The van der Waals surface area contributed by atoms with Gasteiger partial charge < -0.3 is 0 Å². The minimum atomic E-state index is 0. The molecule has 0 unspecified atom stereocenters. The quantitative estimate of drug-likeness (QED) is 0.0936. The molecular formula is C22H8AuCl15S. The van der Waals surface area contributed by atoms with Gasteiger partial charge in [0, 0.05) is 0 Å². The van der Waals surface area contributed by atoms with E-state index in [0.717, 1.165) is 0 Å². The van der Waals surface area contributed by atoms with Crippen molar-refractivity contribution in [3.05, 3.63) is 93.5 Å². The summed E-state index contributed by atoms with van der Waals surface area (Å²) in [5.41, 5.74) is 0. The van der Waals surface area contributed by atoms with Crippen molar-refractivity contribution >= 4 is 186 Å². The third kappa shape index (κ3) is 13.5. The van der Waals surface area contributed by atoms with Crippen LogP contribution in [0, 0.1) is 18.2 Å². The van der Waals surface area contributed by atoms with Gasteiger partial charge in [0.05, 0.1) is 0 Å². The molecule has 4 rings (SSSR count). The van der Waals surface area contributed by atoms with E-state index in [1.165, 1.54) is 24.3 Å². The van der Waals surface area contributed by atoms with Gasteiger partial charge in [-0.15, -0.1) is 123 Å². The van der Waals surface area contributed by atoms with Crippen LogP contribution in [-0.4, -0.2) is 11.5 Å². The van der Waals surface area contributed by atoms with Crippen LogP contribution in [0.4, 0.5) is 0 Å². The second kappa shape index (κ2) is 21.0. The Balaban J connectivity index is 0.000000504.